The van der Waals surface area contributed by atoms with Gasteiger partial charge in [0.05, 0.1) is 30.4 Å². The van der Waals surface area contributed by atoms with E-state index in [2.05, 4.69) is 15.0 Å². The van der Waals surface area contributed by atoms with Crippen LogP contribution in [0.4, 0.5) is 17.2 Å². The summed E-state index contributed by atoms with van der Waals surface area (Å²) in [6.45, 7) is 2.00. The van der Waals surface area contributed by atoms with Gasteiger partial charge in [0.1, 0.15) is 11.6 Å². The van der Waals surface area contributed by atoms with Gasteiger partial charge in [0, 0.05) is 0 Å². The fourth-order valence-corrected chi connectivity index (χ4v) is 3.76. The molecule has 3 aromatic rings. The largest absolute Gasteiger partial charge is 0.495 e. The summed E-state index contributed by atoms with van der Waals surface area (Å²) in [5.74, 6) is 1.00. The second kappa shape index (κ2) is 8.75. The Kier molecular flexibility index (Phi) is 6.16. The highest BCUT2D eigenvalue weighted by Gasteiger charge is 2.12. The van der Waals surface area contributed by atoms with Crippen LogP contribution in [-0.4, -0.2) is 26.3 Å². The molecular weight excluding hydrogens is 374 g/mol. The molecule has 1 heterocycles. The summed E-state index contributed by atoms with van der Waals surface area (Å²) in [5.41, 5.74) is 3.63. The van der Waals surface area contributed by atoms with Crippen LogP contribution in [0.15, 0.2) is 66.9 Å². The van der Waals surface area contributed by atoms with E-state index < -0.39 is 10.0 Å². The first kappa shape index (κ1) is 19.7. The second-order valence-electron chi connectivity index (χ2n) is 6.42. The minimum Gasteiger partial charge on any atom is -0.495 e. The maximum Gasteiger partial charge on any atom is 0.234 e. The lowest BCUT2D eigenvalue weighted by Crippen LogP contribution is -2.18. The van der Waals surface area contributed by atoms with Gasteiger partial charge in [-0.15, -0.1) is 0 Å². The van der Waals surface area contributed by atoms with Crippen LogP contribution in [0.25, 0.3) is 0 Å². The van der Waals surface area contributed by atoms with Gasteiger partial charge in [-0.1, -0.05) is 36.4 Å². The second-order valence-corrected chi connectivity index (χ2v) is 8.26. The number of nitrogens with one attached hydrogen (secondary N) is 2. The monoisotopic (exact) mass is 397 g/mol. The predicted molar refractivity (Wildman–Crippen MR) is 113 cm³/mol. The lowest BCUT2D eigenvalue weighted by Gasteiger charge is -2.12. The molecule has 0 saturated heterocycles. The van der Waals surface area contributed by atoms with Gasteiger partial charge < -0.3 is 10.1 Å². The van der Waals surface area contributed by atoms with Crippen molar-refractivity contribution < 1.29 is 13.2 Å². The molecule has 0 fully saturated rings. The number of ether oxygens (including phenoxy) is 1. The van der Waals surface area contributed by atoms with Gasteiger partial charge >= 0.3 is 0 Å². The molecule has 28 heavy (non-hydrogen) atoms. The summed E-state index contributed by atoms with van der Waals surface area (Å²) in [6.07, 6.45) is 2.03. The number of aromatic nitrogens is 1. The van der Waals surface area contributed by atoms with Crippen molar-refractivity contribution in [2.75, 3.05) is 22.9 Å². The summed E-state index contributed by atoms with van der Waals surface area (Å²) < 4.78 is 32.4. The highest BCUT2D eigenvalue weighted by Crippen LogP contribution is 2.28. The Balaban J connectivity index is 1.63. The number of nitrogens with zero attached hydrogens (tertiary/aromatic N) is 1. The van der Waals surface area contributed by atoms with Crippen molar-refractivity contribution >= 4 is 27.2 Å². The molecule has 0 spiro atoms. The molecule has 0 bridgehead atoms. The van der Waals surface area contributed by atoms with Crippen LogP contribution in [0.3, 0.4) is 0 Å². The molecule has 0 saturated carbocycles. The van der Waals surface area contributed by atoms with Crippen LogP contribution in [0.5, 0.6) is 5.75 Å². The molecule has 0 aliphatic heterocycles. The van der Waals surface area contributed by atoms with E-state index in [0.29, 0.717) is 6.42 Å². The Hall–Kier alpha value is -3.06. The Bertz CT molecular complexity index is 1020. The number of hydrogen-bond acceptors (Lipinski definition) is 5. The molecule has 2 N–H and O–H groups in total. The van der Waals surface area contributed by atoms with E-state index in [1.54, 1.807) is 25.4 Å². The number of pyridine rings is 1. The molecule has 0 atom stereocenters. The van der Waals surface area contributed by atoms with Gasteiger partial charge in [0.15, 0.2) is 0 Å². The van der Waals surface area contributed by atoms with Crippen LogP contribution >= 0.6 is 0 Å². The van der Waals surface area contributed by atoms with Gasteiger partial charge in [0.2, 0.25) is 10.0 Å². The maximum absolute atomic E-state index is 12.3. The standard InChI is InChI=1S/C21H23N3O3S/c1-16-8-10-20(27-2)19(14-16)23-18-9-11-21(22-15-18)24-28(25,26)13-12-17-6-4-3-5-7-17/h3-11,14-15,23H,12-13H2,1-2H3,(H,22,24). The summed E-state index contributed by atoms with van der Waals surface area (Å²) in [5, 5.41) is 3.24. The Morgan fingerprint density at radius 2 is 1.82 bits per heavy atom. The van der Waals surface area contributed by atoms with Gasteiger partial charge in [-0.2, -0.15) is 0 Å². The molecule has 7 heteroatoms. The van der Waals surface area contributed by atoms with E-state index in [1.165, 1.54) is 0 Å². The molecule has 0 radical (unpaired) electrons. The first-order chi connectivity index (χ1) is 13.4. The predicted octanol–water partition coefficient (Wildman–Crippen LogP) is 4.13. The lowest BCUT2D eigenvalue weighted by atomic mass is 10.2. The van der Waals surface area contributed by atoms with E-state index >= 15 is 0 Å². The fourth-order valence-electron chi connectivity index (χ4n) is 2.71. The first-order valence-corrected chi connectivity index (χ1v) is 10.5. The molecular formula is C21H23N3O3S. The van der Waals surface area contributed by atoms with Gasteiger partial charge in [-0.3, -0.25) is 4.72 Å². The molecule has 6 nitrogen and oxygen atoms in total. The number of methoxy groups -OCH3 is 1. The molecule has 0 amide bonds. The topological polar surface area (TPSA) is 80.3 Å². The Morgan fingerprint density at radius 3 is 2.50 bits per heavy atom. The maximum atomic E-state index is 12.3. The van der Waals surface area contributed by atoms with E-state index in [1.807, 2.05) is 55.5 Å². The summed E-state index contributed by atoms with van der Waals surface area (Å²) >= 11 is 0. The van der Waals surface area contributed by atoms with Crippen molar-refractivity contribution in [3.63, 3.8) is 0 Å². The number of sulfonamides is 1. The minimum atomic E-state index is -3.47. The molecule has 3 rings (SSSR count). The van der Waals surface area contributed by atoms with Crippen LogP contribution in [0.2, 0.25) is 0 Å². The van der Waals surface area contributed by atoms with E-state index in [9.17, 15) is 8.42 Å². The minimum absolute atomic E-state index is 0.000808. The van der Waals surface area contributed by atoms with Crippen molar-refractivity contribution in [2.24, 2.45) is 0 Å². The number of rotatable bonds is 8. The van der Waals surface area contributed by atoms with Crippen LogP contribution in [0.1, 0.15) is 11.1 Å². The highest BCUT2D eigenvalue weighted by atomic mass is 32.2. The SMILES string of the molecule is COc1ccc(C)cc1Nc1ccc(NS(=O)(=O)CCc2ccccc2)nc1. The number of anilines is 3. The van der Waals surface area contributed by atoms with Gasteiger partial charge in [-0.25, -0.2) is 13.4 Å². The van der Waals surface area contributed by atoms with E-state index in [-0.39, 0.29) is 11.6 Å². The van der Waals surface area contributed by atoms with E-state index in [0.717, 1.165) is 28.3 Å². The van der Waals surface area contributed by atoms with Crippen LogP contribution in [0, 0.1) is 6.92 Å². The van der Waals surface area contributed by atoms with Crippen molar-refractivity contribution in [3.05, 3.63) is 78.0 Å². The van der Waals surface area contributed by atoms with Crippen LogP contribution < -0.4 is 14.8 Å². The van der Waals surface area contributed by atoms with E-state index in [4.69, 9.17) is 4.74 Å². The smallest absolute Gasteiger partial charge is 0.234 e. The zero-order valence-electron chi connectivity index (χ0n) is 15.8. The third kappa shape index (κ3) is 5.47. The normalized spacial score (nSPS) is 11.1. The Morgan fingerprint density at radius 1 is 1.04 bits per heavy atom. The molecule has 0 unspecified atom stereocenters. The summed E-state index contributed by atoms with van der Waals surface area (Å²) in [4.78, 5) is 4.20. The average Bonchev–Trinajstić information content (AvgIpc) is 2.69. The highest BCUT2D eigenvalue weighted by molar-refractivity contribution is 7.92. The fraction of sp³-hybridized carbons (Fsp3) is 0.190. The molecule has 146 valence electrons. The third-order valence-corrected chi connectivity index (χ3v) is 5.42. The van der Waals surface area contributed by atoms with Crippen LogP contribution in [-0.2, 0) is 16.4 Å². The summed E-state index contributed by atoms with van der Waals surface area (Å²) in [7, 11) is -1.86. The molecule has 0 aliphatic carbocycles. The average molecular weight is 398 g/mol. The van der Waals surface area contributed by atoms with Crippen molar-refractivity contribution in [1.82, 2.24) is 4.98 Å². The number of benzene rings is 2. The lowest BCUT2D eigenvalue weighted by molar-refractivity contribution is 0.416. The number of aryl methyl sites for hydroxylation is 2. The zero-order valence-corrected chi connectivity index (χ0v) is 16.7. The zero-order chi connectivity index (χ0) is 20.0. The third-order valence-electron chi connectivity index (χ3n) is 4.16. The number of hydrogen-bond donors (Lipinski definition) is 2. The molecule has 2 aromatic carbocycles. The van der Waals surface area contributed by atoms with Crippen molar-refractivity contribution in [3.8, 4) is 5.75 Å². The first-order valence-electron chi connectivity index (χ1n) is 8.87. The molecule has 0 aliphatic rings. The van der Waals surface area contributed by atoms with Gasteiger partial charge in [-0.05, 0) is 48.7 Å². The van der Waals surface area contributed by atoms with Crippen molar-refractivity contribution in [1.29, 1.82) is 0 Å². The Labute approximate surface area is 165 Å². The summed E-state index contributed by atoms with van der Waals surface area (Å²) in [6, 6.07) is 18.7. The quantitative estimate of drug-likeness (QED) is 0.597. The molecule has 1 aromatic heterocycles. The van der Waals surface area contributed by atoms with Crippen molar-refractivity contribution in [2.45, 2.75) is 13.3 Å². The van der Waals surface area contributed by atoms with Gasteiger partial charge in [0.25, 0.3) is 0 Å².